The molecule has 100 valence electrons. The third kappa shape index (κ3) is 1.38. The van der Waals surface area contributed by atoms with Crippen LogP contribution < -0.4 is 10.1 Å². The van der Waals surface area contributed by atoms with Gasteiger partial charge in [-0.2, -0.15) is 0 Å². The lowest BCUT2D eigenvalue weighted by Gasteiger charge is -2.09. The van der Waals surface area contributed by atoms with Crippen molar-refractivity contribution in [2.45, 2.75) is 17.8 Å². The first-order valence-corrected chi connectivity index (χ1v) is 6.80. The summed E-state index contributed by atoms with van der Waals surface area (Å²) < 4.78 is 5.28. The molecule has 0 radical (unpaired) electrons. The van der Waals surface area contributed by atoms with Gasteiger partial charge in [-0.25, -0.2) is 0 Å². The highest BCUT2D eigenvalue weighted by Crippen LogP contribution is 2.64. The molecule has 0 aromatic heterocycles. The number of benzene rings is 2. The molecule has 1 fully saturated rings. The Kier molecular flexibility index (Phi) is 2.22. The summed E-state index contributed by atoms with van der Waals surface area (Å²) in [7, 11) is 1.67. The van der Waals surface area contributed by atoms with E-state index in [0.29, 0.717) is 0 Å². The normalized spacial score (nSPS) is 26.2. The molecule has 2 atom stereocenters. The number of nitrogens with one attached hydrogen (secondary N) is 1. The standard InChI is InChI=1S/C17H15NO2/c1-20-12-6-4-5-11(9-12)14-10-17(14)13-7-2-3-8-15(13)18-16(17)19/h2-9,14H,10H2,1H3,(H,18,19)/t14-,17-/m1/s1. The molecule has 1 spiro atoms. The number of carbonyl (C=O) groups excluding carboxylic acids is 1. The first kappa shape index (κ1) is 11.5. The summed E-state index contributed by atoms with van der Waals surface area (Å²) in [5, 5.41) is 3.01. The molecule has 0 saturated heterocycles. The number of fused-ring (bicyclic) bond motifs is 2. The molecule has 0 unspecified atom stereocenters. The molecule has 1 saturated carbocycles. The van der Waals surface area contributed by atoms with Gasteiger partial charge in [0.1, 0.15) is 5.75 Å². The van der Waals surface area contributed by atoms with E-state index in [4.69, 9.17) is 4.74 Å². The number of hydrogen-bond donors (Lipinski definition) is 1. The van der Waals surface area contributed by atoms with E-state index >= 15 is 0 Å². The van der Waals surface area contributed by atoms with Gasteiger partial charge in [-0.3, -0.25) is 4.79 Å². The van der Waals surface area contributed by atoms with Crippen LogP contribution in [0.15, 0.2) is 48.5 Å². The molecule has 4 rings (SSSR count). The van der Waals surface area contributed by atoms with Gasteiger partial charge in [0.25, 0.3) is 0 Å². The molecule has 20 heavy (non-hydrogen) atoms. The van der Waals surface area contributed by atoms with Crippen molar-refractivity contribution in [1.29, 1.82) is 0 Å². The van der Waals surface area contributed by atoms with Crippen LogP contribution in [0.2, 0.25) is 0 Å². The number of hydrogen-bond acceptors (Lipinski definition) is 2. The first-order chi connectivity index (χ1) is 9.75. The Morgan fingerprint density at radius 1 is 1.20 bits per heavy atom. The van der Waals surface area contributed by atoms with Crippen LogP contribution in [0.25, 0.3) is 0 Å². The molecule has 2 aliphatic rings. The Morgan fingerprint density at radius 2 is 2.05 bits per heavy atom. The molecule has 1 amide bonds. The van der Waals surface area contributed by atoms with Crippen molar-refractivity contribution in [2.75, 3.05) is 12.4 Å². The van der Waals surface area contributed by atoms with Gasteiger partial charge in [0.2, 0.25) is 5.91 Å². The predicted molar refractivity (Wildman–Crippen MR) is 77.1 cm³/mol. The molecule has 3 nitrogen and oxygen atoms in total. The summed E-state index contributed by atoms with van der Waals surface area (Å²) in [6.45, 7) is 0. The molecule has 0 bridgehead atoms. The van der Waals surface area contributed by atoms with Gasteiger partial charge >= 0.3 is 0 Å². The predicted octanol–water partition coefficient (Wildman–Crippen LogP) is 3.07. The largest absolute Gasteiger partial charge is 0.497 e. The monoisotopic (exact) mass is 265 g/mol. The molecule has 1 aliphatic heterocycles. The molecular formula is C17H15NO2. The van der Waals surface area contributed by atoms with Crippen molar-refractivity contribution in [2.24, 2.45) is 0 Å². The minimum Gasteiger partial charge on any atom is -0.497 e. The van der Waals surface area contributed by atoms with Gasteiger partial charge in [0.05, 0.1) is 12.5 Å². The maximum absolute atomic E-state index is 12.4. The van der Waals surface area contributed by atoms with Crippen LogP contribution in [0, 0.1) is 0 Å². The van der Waals surface area contributed by atoms with Crippen molar-refractivity contribution in [1.82, 2.24) is 0 Å². The first-order valence-electron chi connectivity index (χ1n) is 6.80. The van der Waals surface area contributed by atoms with Crippen molar-refractivity contribution in [3.05, 3.63) is 59.7 Å². The fourth-order valence-corrected chi connectivity index (χ4v) is 3.41. The van der Waals surface area contributed by atoms with Crippen LogP contribution in [-0.2, 0) is 10.2 Å². The van der Waals surface area contributed by atoms with Gasteiger partial charge in [0.15, 0.2) is 0 Å². The minimum atomic E-state index is -0.358. The Morgan fingerprint density at radius 3 is 2.90 bits per heavy atom. The van der Waals surface area contributed by atoms with E-state index in [2.05, 4.69) is 17.4 Å². The zero-order valence-electron chi connectivity index (χ0n) is 11.2. The van der Waals surface area contributed by atoms with E-state index in [1.54, 1.807) is 7.11 Å². The molecule has 1 aliphatic carbocycles. The molecule has 1 heterocycles. The Labute approximate surface area is 117 Å². The lowest BCUT2D eigenvalue weighted by Crippen LogP contribution is -2.20. The number of para-hydroxylation sites is 1. The quantitative estimate of drug-likeness (QED) is 0.906. The zero-order valence-corrected chi connectivity index (χ0v) is 11.2. The number of anilines is 1. The summed E-state index contributed by atoms with van der Waals surface area (Å²) in [6, 6.07) is 16.0. The molecule has 3 heteroatoms. The molecular weight excluding hydrogens is 250 g/mol. The van der Waals surface area contributed by atoms with E-state index in [9.17, 15) is 4.79 Å². The van der Waals surface area contributed by atoms with Crippen molar-refractivity contribution in [3.63, 3.8) is 0 Å². The summed E-state index contributed by atoms with van der Waals surface area (Å²) in [5.74, 6) is 1.23. The number of rotatable bonds is 2. The molecule has 1 N–H and O–H groups in total. The number of amides is 1. The zero-order chi connectivity index (χ0) is 13.7. The fourth-order valence-electron chi connectivity index (χ4n) is 3.41. The van der Waals surface area contributed by atoms with E-state index < -0.39 is 0 Å². The maximum Gasteiger partial charge on any atom is 0.235 e. The van der Waals surface area contributed by atoms with Gasteiger partial charge in [0, 0.05) is 11.6 Å². The smallest absolute Gasteiger partial charge is 0.235 e. The lowest BCUT2D eigenvalue weighted by atomic mass is 9.92. The minimum absolute atomic E-state index is 0.131. The van der Waals surface area contributed by atoms with E-state index in [1.807, 2.05) is 36.4 Å². The van der Waals surface area contributed by atoms with E-state index in [1.165, 1.54) is 5.56 Å². The van der Waals surface area contributed by atoms with Gasteiger partial charge in [-0.1, -0.05) is 30.3 Å². The third-order valence-electron chi connectivity index (χ3n) is 4.52. The van der Waals surface area contributed by atoms with Gasteiger partial charge in [-0.05, 0) is 35.7 Å². The lowest BCUT2D eigenvalue weighted by molar-refractivity contribution is -0.118. The second-order valence-electron chi connectivity index (χ2n) is 5.50. The van der Waals surface area contributed by atoms with Crippen LogP contribution in [0.1, 0.15) is 23.5 Å². The SMILES string of the molecule is COc1cccc([C@H]2C[C@]23C(=O)Nc2ccccc23)c1. The average Bonchev–Trinajstić information content (AvgIpc) is 3.18. The number of carbonyl (C=O) groups is 1. The number of methoxy groups -OCH3 is 1. The highest BCUT2D eigenvalue weighted by atomic mass is 16.5. The summed E-state index contributed by atoms with van der Waals surface area (Å²) in [6.07, 6.45) is 0.878. The van der Waals surface area contributed by atoms with E-state index in [-0.39, 0.29) is 17.2 Å². The Bertz CT molecular complexity index is 710. The highest BCUT2D eigenvalue weighted by molar-refractivity contribution is 6.09. The fraction of sp³-hybridized carbons (Fsp3) is 0.235. The van der Waals surface area contributed by atoms with Crippen LogP contribution >= 0.6 is 0 Å². The molecule has 2 aromatic carbocycles. The number of ether oxygens (including phenoxy) is 1. The van der Waals surface area contributed by atoms with Crippen LogP contribution in [0.3, 0.4) is 0 Å². The third-order valence-corrected chi connectivity index (χ3v) is 4.52. The second kappa shape index (κ2) is 3.85. The topological polar surface area (TPSA) is 38.3 Å². The van der Waals surface area contributed by atoms with E-state index in [0.717, 1.165) is 23.4 Å². The highest BCUT2D eigenvalue weighted by Gasteiger charge is 2.65. The summed E-state index contributed by atoms with van der Waals surface area (Å²) in [5.41, 5.74) is 2.92. The van der Waals surface area contributed by atoms with Crippen molar-refractivity contribution < 1.29 is 9.53 Å². The van der Waals surface area contributed by atoms with Crippen molar-refractivity contribution in [3.8, 4) is 5.75 Å². The van der Waals surface area contributed by atoms with Gasteiger partial charge in [-0.15, -0.1) is 0 Å². The maximum atomic E-state index is 12.4. The second-order valence-corrected chi connectivity index (χ2v) is 5.50. The van der Waals surface area contributed by atoms with Crippen molar-refractivity contribution >= 4 is 11.6 Å². The average molecular weight is 265 g/mol. The molecule has 2 aromatic rings. The Hall–Kier alpha value is -2.29. The van der Waals surface area contributed by atoms with Crippen LogP contribution in [-0.4, -0.2) is 13.0 Å². The van der Waals surface area contributed by atoms with Gasteiger partial charge < -0.3 is 10.1 Å². The van der Waals surface area contributed by atoms with Crippen LogP contribution in [0.5, 0.6) is 5.75 Å². The van der Waals surface area contributed by atoms with Crippen LogP contribution in [0.4, 0.5) is 5.69 Å². The Balaban J connectivity index is 1.77. The summed E-state index contributed by atoms with van der Waals surface area (Å²) >= 11 is 0. The summed E-state index contributed by atoms with van der Waals surface area (Å²) in [4.78, 5) is 12.4.